The van der Waals surface area contributed by atoms with Crippen LogP contribution >= 0.6 is 0 Å². The van der Waals surface area contributed by atoms with Gasteiger partial charge in [0.05, 0.1) is 17.2 Å². The molecule has 2 amide bonds. The zero-order chi connectivity index (χ0) is 20.9. The Kier molecular flexibility index (Phi) is 5.16. The molecule has 4 nitrogen and oxygen atoms in total. The van der Waals surface area contributed by atoms with Crippen LogP contribution in [0.3, 0.4) is 0 Å². The first kappa shape index (κ1) is 20.6. The number of benzene rings is 1. The Labute approximate surface area is 169 Å². The van der Waals surface area contributed by atoms with Crippen molar-refractivity contribution < 1.29 is 14.0 Å². The van der Waals surface area contributed by atoms with Crippen molar-refractivity contribution in [2.45, 2.75) is 70.8 Å². The third kappa shape index (κ3) is 3.36. The highest BCUT2D eigenvalue weighted by Crippen LogP contribution is 2.41. The molecule has 2 atom stereocenters. The highest BCUT2D eigenvalue weighted by Gasteiger charge is 2.45. The zero-order valence-corrected chi connectivity index (χ0v) is 18.6. The Hall–Kier alpha value is -2.16. The molecule has 0 bridgehead atoms. The molecule has 0 spiro atoms. The van der Waals surface area contributed by atoms with Crippen molar-refractivity contribution in [3.63, 3.8) is 0 Å². The highest BCUT2D eigenvalue weighted by molar-refractivity contribution is 6.74. The van der Waals surface area contributed by atoms with Crippen LogP contribution in [0.5, 0.6) is 0 Å². The first-order valence-electron chi connectivity index (χ1n) is 9.79. The molecule has 0 fully saturated rings. The van der Waals surface area contributed by atoms with Crippen LogP contribution in [-0.4, -0.2) is 37.2 Å². The fourth-order valence-electron chi connectivity index (χ4n) is 3.68. The fraction of sp³-hybridized carbons (Fsp3) is 0.478. The second-order valence-electron chi connectivity index (χ2n) is 9.29. The van der Waals surface area contributed by atoms with Crippen molar-refractivity contribution in [3.8, 4) is 12.3 Å². The summed E-state index contributed by atoms with van der Waals surface area (Å²) in [6.45, 7) is 13.0. The fourth-order valence-corrected chi connectivity index (χ4v) is 5.01. The monoisotopic (exact) mass is 395 g/mol. The van der Waals surface area contributed by atoms with E-state index >= 15 is 0 Å². The van der Waals surface area contributed by atoms with Gasteiger partial charge in [-0.05, 0) is 49.2 Å². The van der Waals surface area contributed by atoms with Gasteiger partial charge in [0, 0.05) is 18.0 Å². The second kappa shape index (κ2) is 7.02. The maximum atomic E-state index is 12.9. The molecular formula is C23H29NO3Si. The number of carbonyl (C=O) groups is 2. The summed E-state index contributed by atoms with van der Waals surface area (Å²) < 4.78 is 6.66. The number of terminal acetylenes is 1. The standard InChI is InChI=1S/C23H29NO3Si/c1-8-16-13-17(14-20(15(16)2)27-28(6,7)23(3,4)5)24-21(25)18-11-9-10-12-19(18)22(24)26/h1,9-12,17,20H,13-14H2,2-7H3/t17-,20+/m1/s1. The molecule has 1 aromatic rings. The third-order valence-electron chi connectivity index (χ3n) is 6.49. The molecule has 0 unspecified atom stereocenters. The van der Waals surface area contributed by atoms with E-state index in [0.29, 0.717) is 24.0 Å². The number of nitrogens with zero attached hydrogens (tertiary/aromatic N) is 1. The number of rotatable bonds is 3. The SMILES string of the molecule is C#CC1=C(C)[C@@H](O[Si](C)(C)C(C)(C)C)C[C@H](N2C(=O)c3ccccc3C2=O)C1. The van der Waals surface area contributed by atoms with Gasteiger partial charge in [-0.1, -0.05) is 38.8 Å². The molecule has 2 aliphatic rings. The molecular weight excluding hydrogens is 366 g/mol. The van der Waals surface area contributed by atoms with Gasteiger partial charge in [-0.15, -0.1) is 6.42 Å². The Bertz CT molecular complexity index is 866. The summed E-state index contributed by atoms with van der Waals surface area (Å²) in [6.07, 6.45) is 6.72. The van der Waals surface area contributed by atoms with E-state index < -0.39 is 8.32 Å². The average Bonchev–Trinajstić information content (AvgIpc) is 2.87. The lowest BCUT2D eigenvalue weighted by molar-refractivity contribution is 0.0525. The van der Waals surface area contributed by atoms with Gasteiger partial charge in [0.15, 0.2) is 8.32 Å². The average molecular weight is 396 g/mol. The predicted molar refractivity (Wildman–Crippen MR) is 114 cm³/mol. The van der Waals surface area contributed by atoms with Crippen molar-refractivity contribution in [1.82, 2.24) is 4.90 Å². The van der Waals surface area contributed by atoms with Gasteiger partial charge in [-0.2, -0.15) is 0 Å². The van der Waals surface area contributed by atoms with Gasteiger partial charge < -0.3 is 4.43 Å². The Balaban J connectivity index is 1.93. The molecule has 1 heterocycles. The molecule has 1 aliphatic carbocycles. The van der Waals surface area contributed by atoms with E-state index in [2.05, 4.69) is 39.8 Å². The lowest BCUT2D eigenvalue weighted by Gasteiger charge is -2.43. The van der Waals surface area contributed by atoms with Crippen LogP contribution in [0.4, 0.5) is 0 Å². The van der Waals surface area contributed by atoms with Crippen LogP contribution in [0.1, 0.15) is 61.3 Å². The lowest BCUT2D eigenvalue weighted by atomic mass is 9.86. The highest BCUT2D eigenvalue weighted by atomic mass is 28.4. The smallest absolute Gasteiger partial charge is 0.261 e. The molecule has 28 heavy (non-hydrogen) atoms. The molecule has 0 aromatic heterocycles. The van der Waals surface area contributed by atoms with Gasteiger partial charge in [-0.25, -0.2) is 0 Å². The molecule has 1 aromatic carbocycles. The predicted octanol–water partition coefficient (Wildman–Crippen LogP) is 4.79. The van der Waals surface area contributed by atoms with Crippen LogP contribution in [0.2, 0.25) is 18.1 Å². The summed E-state index contributed by atoms with van der Waals surface area (Å²) in [6, 6.07) is 6.72. The molecule has 148 valence electrons. The van der Waals surface area contributed by atoms with Gasteiger partial charge in [0.1, 0.15) is 0 Å². The minimum absolute atomic E-state index is 0.0616. The maximum absolute atomic E-state index is 12.9. The summed E-state index contributed by atoms with van der Waals surface area (Å²) in [5.41, 5.74) is 2.85. The van der Waals surface area contributed by atoms with Crippen LogP contribution < -0.4 is 0 Å². The minimum Gasteiger partial charge on any atom is -0.410 e. The number of amides is 2. The van der Waals surface area contributed by atoms with Crippen LogP contribution in [0, 0.1) is 12.3 Å². The topological polar surface area (TPSA) is 46.6 Å². The van der Waals surface area contributed by atoms with Crippen molar-refractivity contribution in [2.75, 3.05) is 0 Å². The van der Waals surface area contributed by atoms with E-state index in [1.165, 1.54) is 4.90 Å². The van der Waals surface area contributed by atoms with Gasteiger partial charge in [-0.3, -0.25) is 14.5 Å². The first-order valence-corrected chi connectivity index (χ1v) is 12.7. The summed E-state index contributed by atoms with van der Waals surface area (Å²) >= 11 is 0. The molecule has 1 aliphatic heterocycles. The van der Waals surface area contributed by atoms with Crippen LogP contribution in [0.25, 0.3) is 0 Å². The van der Waals surface area contributed by atoms with Crippen LogP contribution in [-0.2, 0) is 4.43 Å². The quantitative estimate of drug-likeness (QED) is 0.420. The van der Waals surface area contributed by atoms with Gasteiger partial charge >= 0.3 is 0 Å². The largest absolute Gasteiger partial charge is 0.410 e. The zero-order valence-electron chi connectivity index (χ0n) is 17.6. The van der Waals surface area contributed by atoms with Gasteiger partial charge in [0.2, 0.25) is 0 Å². The first-order chi connectivity index (χ1) is 13.0. The molecule has 3 rings (SSSR count). The van der Waals surface area contributed by atoms with Gasteiger partial charge in [0.25, 0.3) is 11.8 Å². The van der Waals surface area contributed by atoms with E-state index in [1.54, 1.807) is 24.3 Å². The number of imide groups is 1. The van der Waals surface area contributed by atoms with E-state index in [0.717, 1.165) is 11.1 Å². The lowest BCUT2D eigenvalue weighted by Crippen LogP contribution is -2.49. The summed E-state index contributed by atoms with van der Waals surface area (Å²) in [7, 11) is -2.03. The van der Waals surface area contributed by atoms with Crippen molar-refractivity contribution in [2.24, 2.45) is 0 Å². The van der Waals surface area contributed by atoms with Crippen molar-refractivity contribution in [3.05, 3.63) is 46.5 Å². The molecule has 0 saturated carbocycles. The maximum Gasteiger partial charge on any atom is 0.261 e. The number of fused-ring (bicyclic) bond motifs is 1. The number of hydrogen-bond donors (Lipinski definition) is 0. The van der Waals surface area contributed by atoms with E-state index in [1.807, 2.05) is 6.92 Å². The molecule has 0 N–H and O–H groups in total. The molecule has 5 heteroatoms. The summed E-state index contributed by atoms with van der Waals surface area (Å²) in [5.74, 6) is 2.32. The third-order valence-corrected chi connectivity index (χ3v) is 11.0. The summed E-state index contributed by atoms with van der Waals surface area (Å²) in [4.78, 5) is 27.3. The van der Waals surface area contributed by atoms with E-state index in [9.17, 15) is 9.59 Å². The minimum atomic E-state index is -2.03. The van der Waals surface area contributed by atoms with E-state index in [4.69, 9.17) is 10.8 Å². The number of hydrogen-bond acceptors (Lipinski definition) is 3. The van der Waals surface area contributed by atoms with Crippen molar-refractivity contribution >= 4 is 20.1 Å². The van der Waals surface area contributed by atoms with E-state index in [-0.39, 0.29) is 29.0 Å². The Morgan fingerprint density at radius 2 is 1.68 bits per heavy atom. The number of carbonyl (C=O) groups excluding carboxylic acids is 2. The summed E-state index contributed by atoms with van der Waals surface area (Å²) in [5, 5.41) is 0.0616. The Morgan fingerprint density at radius 1 is 1.14 bits per heavy atom. The molecule has 0 saturated heterocycles. The molecule has 0 radical (unpaired) electrons. The normalized spacial score (nSPS) is 23.1. The second-order valence-corrected chi connectivity index (χ2v) is 14.0. The van der Waals surface area contributed by atoms with Crippen LogP contribution in [0.15, 0.2) is 35.4 Å². The Morgan fingerprint density at radius 3 is 2.14 bits per heavy atom. The van der Waals surface area contributed by atoms with Crippen molar-refractivity contribution in [1.29, 1.82) is 0 Å².